The van der Waals surface area contributed by atoms with E-state index in [1.165, 1.54) is 4.90 Å². The maximum absolute atomic E-state index is 13.5. The number of fused-ring (bicyclic) bond motifs is 1. The largest absolute Gasteiger partial charge is 0.273 e. The van der Waals surface area contributed by atoms with Gasteiger partial charge in [-0.25, -0.2) is 9.96 Å². The first-order valence-corrected chi connectivity index (χ1v) is 10.6. The summed E-state index contributed by atoms with van der Waals surface area (Å²) >= 11 is 9.48. The van der Waals surface area contributed by atoms with E-state index in [4.69, 9.17) is 16.4 Å². The summed E-state index contributed by atoms with van der Waals surface area (Å²) in [6.07, 6.45) is -0.891. The molecule has 2 heterocycles. The van der Waals surface area contributed by atoms with E-state index >= 15 is 0 Å². The van der Waals surface area contributed by atoms with Gasteiger partial charge in [-0.2, -0.15) is 0 Å². The molecule has 0 aliphatic carbocycles. The molecule has 3 aromatic carbocycles. The average molecular weight is 484 g/mol. The van der Waals surface area contributed by atoms with Crippen molar-refractivity contribution in [3.63, 3.8) is 0 Å². The van der Waals surface area contributed by atoms with E-state index in [9.17, 15) is 9.59 Å². The summed E-state index contributed by atoms with van der Waals surface area (Å²) in [6, 6.07) is 23.5. The third kappa shape index (κ3) is 3.12. The van der Waals surface area contributed by atoms with Crippen molar-refractivity contribution in [2.24, 2.45) is 5.92 Å². The predicted octanol–water partition coefficient (Wildman–Crippen LogP) is 5.15. The number of para-hydroxylation sites is 1. The van der Waals surface area contributed by atoms with E-state index in [1.54, 1.807) is 35.4 Å². The summed E-state index contributed by atoms with van der Waals surface area (Å²) in [7, 11) is 0. The van der Waals surface area contributed by atoms with Gasteiger partial charge >= 0.3 is 0 Å². The standard InChI is InChI=1S/C23H16BrClN2O3/c24-15-5-4-8-18(13-15)26-22(28)19-20(14-9-11-16(25)12-10-14)27(30-21(19)23(26)29)17-6-2-1-3-7-17/h1-13,19-21H/t19-,20-,21-/m1/s1. The average Bonchev–Trinajstić information content (AvgIpc) is 3.26. The molecule has 5 rings (SSSR count). The Balaban J connectivity index is 1.59. The lowest BCUT2D eigenvalue weighted by Crippen LogP contribution is -2.37. The van der Waals surface area contributed by atoms with Crippen molar-refractivity contribution in [1.29, 1.82) is 0 Å². The lowest BCUT2D eigenvalue weighted by atomic mass is 9.90. The van der Waals surface area contributed by atoms with Crippen molar-refractivity contribution >= 4 is 50.7 Å². The highest BCUT2D eigenvalue weighted by molar-refractivity contribution is 9.10. The molecular formula is C23H16BrClN2O3. The zero-order valence-corrected chi connectivity index (χ0v) is 18.0. The molecule has 5 nitrogen and oxygen atoms in total. The Labute approximate surface area is 186 Å². The monoisotopic (exact) mass is 482 g/mol. The molecule has 150 valence electrons. The first-order chi connectivity index (χ1) is 14.5. The minimum absolute atomic E-state index is 0.276. The van der Waals surface area contributed by atoms with E-state index in [0.717, 1.165) is 15.7 Å². The number of carbonyl (C=O) groups excluding carboxylic acids is 2. The summed E-state index contributed by atoms with van der Waals surface area (Å²) in [5, 5.41) is 2.28. The van der Waals surface area contributed by atoms with Crippen LogP contribution in [-0.2, 0) is 14.4 Å². The maximum atomic E-state index is 13.5. The molecule has 2 aliphatic heterocycles. The molecule has 7 heteroatoms. The van der Waals surface area contributed by atoms with Crippen LogP contribution in [0.25, 0.3) is 0 Å². The van der Waals surface area contributed by atoms with Crippen LogP contribution in [0.2, 0.25) is 5.02 Å². The number of anilines is 2. The van der Waals surface area contributed by atoms with Crippen LogP contribution >= 0.6 is 27.5 Å². The van der Waals surface area contributed by atoms with Gasteiger partial charge in [-0.15, -0.1) is 0 Å². The Bertz CT molecular complexity index is 1120. The van der Waals surface area contributed by atoms with E-state index in [0.29, 0.717) is 10.7 Å². The fourth-order valence-corrected chi connectivity index (χ4v) is 4.59. The summed E-state index contributed by atoms with van der Waals surface area (Å²) in [5.74, 6) is -1.31. The van der Waals surface area contributed by atoms with E-state index in [2.05, 4.69) is 15.9 Å². The minimum Gasteiger partial charge on any atom is -0.273 e. The number of hydrogen-bond donors (Lipinski definition) is 0. The molecule has 3 atom stereocenters. The number of amides is 2. The van der Waals surface area contributed by atoms with Gasteiger partial charge in [0.25, 0.3) is 5.91 Å². The number of benzene rings is 3. The smallest absolute Gasteiger partial charge is 0.266 e. The van der Waals surface area contributed by atoms with Crippen molar-refractivity contribution < 1.29 is 14.4 Å². The topological polar surface area (TPSA) is 49.9 Å². The third-order valence-corrected chi connectivity index (χ3v) is 6.15. The van der Waals surface area contributed by atoms with Crippen LogP contribution in [0.15, 0.2) is 83.3 Å². The fourth-order valence-electron chi connectivity index (χ4n) is 4.08. The van der Waals surface area contributed by atoms with E-state index < -0.39 is 18.1 Å². The quantitative estimate of drug-likeness (QED) is 0.483. The summed E-state index contributed by atoms with van der Waals surface area (Å²) in [6.45, 7) is 0. The zero-order chi connectivity index (χ0) is 20.8. The molecule has 0 bridgehead atoms. The molecule has 30 heavy (non-hydrogen) atoms. The molecule has 0 spiro atoms. The number of nitrogens with zero attached hydrogens (tertiary/aromatic N) is 2. The van der Waals surface area contributed by atoms with Crippen LogP contribution in [0.1, 0.15) is 11.6 Å². The summed E-state index contributed by atoms with van der Waals surface area (Å²) in [4.78, 5) is 34.1. The number of carbonyl (C=O) groups is 2. The minimum atomic E-state index is -0.891. The van der Waals surface area contributed by atoms with Crippen molar-refractivity contribution in [3.8, 4) is 0 Å². The second-order valence-corrected chi connectivity index (χ2v) is 8.55. The van der Waals surface area contributed by atoms with Crippen LogP contribution < -0.4 is 9.96 Å². The van der Waals surface area contributed by atoms with Gasteiger partial charge in [-0.3, -0.25) is 14.4 Å². The number of imide groups is 1. The van der Waals surface area contributed by atoms with Crippen LogP contribution in [0.5, 0.6) is 0 Å². The number of hydroxylamine groups is 1. The lowest BCUT2D eigenvalue weighted by Gasteiger charge is -2.28. The van der Waals surface area contributed by atoms with E-state index in [1.807, 2.05) is 48.5 Å². The highest BCUT2D eigenvalue weighted by Crippen LogP contribution is 2.47. The number of rotatable bonds is 3. The highest BCUT2D eigenvalue weighted by atomic mass is 79.9. The van der Waals surface area contributed by atoms with E-state index in [-0.39, 0.29) is 11.8 Å². The molecule has 0 saturated carbocycles. The fraction of sp³-hybridized carbons (Fsp3) is 0.130. The Morgan fingerprint density at radius 1 is 0.833 bits per heavy atom. The van der Waals surface area contributed by atoms with Crippen LogP contribution in [0.3, 0.4) is 0 Å². The van der Waals surface area contributed by atoms with Gasteiger partial charge in [0.15, 0.2) is 6.10 Å². The van der Waals surface area contributed by atoms with Crippen molar-refractivity contribution in [3.05, 3.63) is 93.9 Å². The van der Waals surface area contributed by atoms with Crippen LogP contribution in [0.4, 0.5) is 11.4 Å². The van der Waals surface area contributed by atoms with Gasteiger partial charge in [0.05, 0.1) is 17.4 Å². The molecule has 2 aliphatic rings. The second-order valence-electron chi connectivity index (χ2n) is 7.20. The molecule has 0 aromatic heterocycles. The van der Waals surface area contributed by atoms with Crippen molar-refractivity contribution in [1.82, 2.24) is 0 Å². The molecule has 2 fully saturated rings. The SMILES string of the molecule is O=C1[C@@H]2[C@@H](c3ccc(Cl)cc3)N(c3ccccc3)O[C@H]2C(=O)N1c1cccc(Br)c1. The van der Waals surface area contributed by atoms with Gasteiger partial charge in [-0.05, 0) is 48.0 Å². The molecule has 0 unspecified atom stereocenters. The Hall–Kier alpha value is -2.67. The van der Waals surface area contributed by atoms with Crippen molar-refractivity contribution in [2.75, 3.05) is 9.96 Å². The van der Waals surface area contributed by atoms with Crippen LogP contribution in [-0.4, -0.2) is 17.9 Å². The Kier molecular flexibility index (Phi) is 4.85. The van der Waals surface area contributed by atoms with Crippen molar-refractivity contribution in [2.45, 2.75) is 12.1 Å². The first kappa shape index (κ1) is 19.3. The van der Waals surface area contributed by atoms with Gasteiger partial charge < -0.3 is 0 Å². The van der Waals surface area contributed by atoms with Gasteiger partial charge in [0.1, 0.15) is 5.92 Å². The lowest BCUT2D eigenvalue weighted by molar-refractivity contribution is -0.126. The molecule has 3 aromatic rings. The first-order valence-electron chi connectivity index (χ1n) is 9.44. The molecule has 2 amide bonds. The van der Waals surface area contributed by atoms with Gasteiger partial charge in [-0.1, -0.05) is 63.9 Å². The maximum Gasteiger partial charge on any atom is 0.266 e. The molecular weight excluding hydrogens is 468 g/mol. The predicted molar refractivity (Wildman–Crippen MR) is 118 cm³/mol. The normalized spacial score (nSPS) is 23.2. The molecule has 2 saturated heterocycles. The number of halogens is 2. The highest BCUT2D eigenvalue weighted by Gasteiger charge is 2.60. The Morgan fingerprint density at radius 2 is 1.53 bits per heavy atom. The second kappa shape index (κ2) is 7.54. The van der Waals surface area contributed by atoms with Gasteiger partial charge in [0.2, 0.25) is 5.91 Å². The molecule has 0 N–H and O–H groups in total. The number of hydrogen-bond acceptors (Lipinski definition) is 4. The van der Waals surface area contributed by atoms with Crippen LogP contribution in [0, 0.1) is 5.92 Å². The van der Waals surface area contributed by atoms with Gasteiger partial charge in [0, 0.05) is 9.50 Å². The third-order valence-electron chi connectivity index (χ3n) is 5.40. The summed E-state index contributed by atoms with van der Waals surface area (Å²) in [5.41, 5.74) is 2.16. The Morgan fingerprint density at radius 3 is 2.23 bits per heavy atom. The zero-order valence-electron chi connectivity index (χ0n) is 15.6. The molecule has 0 radical (unpaired) electrons. The summed E-state index contributed by atoms with van der Waals surface area (Å²) < 4.78 is 0.791.